The molecule has 8 atom stereocenters. The van der Waals surface area contributed by atoms with Gasteiger partial charge in [-0.05, 0) is 99.2 Å². The van der Waals surface area contributed by atoms with Crippen LogP contribution in [0.4, 0.5) is 18.0 Å². The molecule has 4 saturated carbocycles. The SMILES string of the molecule is C/C(=N\OC(=O)N(CCNCC[N+](C)(C)C)CC(F)(F)F)[C@H]1CC[C@H]2[C@@H]3CC[C@@H]4C[C@@H](O)CC[C@]4(C)[C@H]3CC[C@]12C. The molecule has 0 aliphatic heterocycles. The second kappa shape index (κ2) is 12.3. The summed E-state index contributed by atoms with van der Waals surface area (Å²) in [5.41, 5.74) is 1.08. The Morgan fingerprint density at radius 3 is 2.39 bits per heavy atom. The maximum Gasteiger partial charge on any atom is 0.436 e. The number of likely N-dealkylation sites (N-methyl/N-ethyl adjacent to an activating group) is 1. The number of fused-ring (bicyclic) bond motifs is 5. The molecule has 0 bridgehead atoms. The molecular formula is C31H54F3N4O3+. The van der Waals surface area contributed by atoms with Crippen molar-refractivity contribution in [2.24, 2.45) is 45.6 Å². The first kappa shape index (κ1) is 32.5. The van der Waals surface area contributed by atoms with Crippen LogP contribution in [-0.4, -0.2) is 92.4 Å². The van der Waals surface area contributed by atoms with Crippen LogP contribution < -0.4 is 5.32 Å². The number of aliphatic hydroxyl groups excluding tert-OH is 1. The van der Waals surface area contributed by atoms with Crippen molar-refractivity contribution in [2.45, 2.75) is 90.8 Å². The molecular weight excluding hydrogens is 533 g/mol. The summed E-state index contributed by atoms with van der Waals surface area (Å²) in [5, 5.41) is 17.6. The van der Waals surface area contributed by atoms with Crippen LogP contribution in [0.5, 0.6) is 0 Å². The van der Waals surface area contributed by atoms with Gasteiger partial charge < -0.3 is 14.9 Å². The van der Waals surface area contributed by atoms with E-state index in [0.29, 0.717) is 40.5 Å². The molecule has 4 aliphatic carbocycles. The number of alkyl halides is 3. The number of amides is 1. The molecule has 10 heteroatoms. The van der Waals surface area contributed by atoms with Gasteiger partial charge in [-0.2, -0.15) is 13.2 Å². The van der Waals surface area contributed by atoms with Gasteiger partial charge >= 0.3 is 12.3 Å². The lowest BCUT2D eigenvalue weighted by molar-refractivity contribution is -0.869. The van der Waals surface area contributed by atoms with Gasteiger partial charge in [-0.25, -0.2) is 4.79 Å². The molecule has 0 aromatic rings. The average Bonchev–Trinajstić information content (AvgIpc) is 3.22. The second-order valence-electron chi connectivity index (χ2n) is 15.2. The molecule has 1 amide bonds. The highest BCUT2D eigenvalue weighted by Gasteiger charge is 2.60. The first-order valence-corrected chi connectivity index (χ1v) is 15.8. The van der Waals surface area contributed by atoms with Crippen LogP contribution in [0.25, 0.3) is 0 Å². The summed E-state index contributed by atoms with van der Waals surface area (Å²) in [4.78, 5) is 18.6. The number of nitrogens with one attached hydrogen (secondary N) is 1. The van der Waals surface area contributed by atoms with Gasteiger partial charge in [0, 0.05) is 25.6 Å². The summed E-state index contributed by atoms with van der Waals surface area (Å²) < 4.78 is 40.5. The fourth-order valence-electron chi connectivity index (χ4n) is 9.36. The summed E-state index contributed by atoms with van der Waals surface area (Å²) in [6.45, 7) is 6.96. The molecule has 0 radical (unpaired) electrons. The minimum atomic E-state index is -4.52. The maximum atomic E-state index is 13.2. The van der Waals surface area contributed by atoms with Crippen molar-refractivity contribution in [3.05, 3.63) is 0 Å². The predicted octanol–water partition coefficient (Wildman–Crippen LogP) is 5.68. The number of carbonyl (C=O) groups is 1. The van der Waals surface area contributed by atoms with E-state index in [1.165, 1.54) is 19.3 Å². The Balaban J connectivity index is 1.37. The van der Waals surface area contributed by atoms with Gasteiger partial charge in [-0.3, -0.25) is 9.74 Å². The molecule has 4 rings (SSSR count). The van der Waals surface area contributed by atoms with E-state index in [0.717, 1.165) is 55.3 Å². The topological polar surface area (TPSA) is 74.2 Å². The van der Waals surface area contributed by atoms with Gasteiger partial charge in [0.15, 0.2) is 0 Å². The summed E-state index contributed by atoms with van der Waals surface area (Å²) >= 11 is 0. The average molecular weight is 588 g/mol. The van der Waals surface area contributed by atoms with Crippen LogP contribution in [0.3, 0.4) is 0 Å². The quantitative estimate of drug-likeness (QED) is 0.120. The van der Waals surface area contributed by atoms with Crippen molar-refractivity contribution in [3.63, 3.8) is 0 Å². The van der Waals surface area contributed by atoms with Crippen LogP contribution in [0, 0.1) is 40.4 Å². The number of oxime groups is 1. The molecule has 236 valence electrons. The number of carbonyl (C=O) groups excluding carboxylic acids is 1. The summed E-state index contributed by atoms with van der Waals surface area (Å²) in [5.74, 6) is 2.71. The number of aliphatic hydroxyl groups is 1. The van der Waals surface area contributed by atoms with E-state index in [9.17, 15) is 23.1 Å². The van der Waals surface area contributed by atoms with Crippen LogP contribution >= 0.6 is 0 Å². The van der Waals surface area contributed by atoms with Crippen LogP contribution in [0.15, 0.2) is 5.16 Å². The van der Waals surface area contributed by atoms with Crippen LogP contribution in [-0.2, 0) is 4.84 Å². The first-order chi connectivity index (χ1) is 19.0. The Bertz CT molecular complexity index is 954. The molecule has 7 nitrogen and oxygen atoms in total. The molecule has 0 unspecified atom stereocenters. The largest absolute Gasteiger partial charge is 0.436 e. The lowest BCUT2D eigenvalue weighted by atomic mass is 9.44. The Morgan fingerprint density at radius 1 is 1.02 bits per heavy atom. The van der Waals surface area contributed by atoms with E-state index < -0.39 is 18.8 Å². The Hall–Kier alpha value is -1.39. The van der Waals surface area contributed by atoms with E-state index in [1.54, 1.807) is 0 Å². The number of halogens is 3. The zero-order valence-corrected chi connectivity index (χ0v) is 26.1. The van der Waals surface area contributed by atoms with E-state index in [2.05, 4.69) is 24.3 Å². The number of hydrogen-bond acceptors (Lipinski definition) is 5. The Labute approximate surface area is 244 Å². The normalized spacial score (nSPS) is 37.7. The number of nitrogens with zero attached hydrogens (tertiary/aromatic N) is 3. The summed E-state index contributed by atoms with van der Waals surface area (Å²) in [6.07, 6.45) is 4.01. The van der Waals surface area contributed by atoms with Crippen molar-refractivity contribution in [2.75, 3.05) is 53.9 Å². The number of rotatable bonds is 9. The van der Waals surface area contributed by atoms with Crippen molar-refractivity contribution < 1.29 is 32.4 Å². The zero-order chi connectivity index (χ0) is 30.2. The van der Waals surface area contributed by atoms with Crippen LogP contribution in [0.1, 0.15) is 78.6 Å². The van der Waals surface area contributed by atoms with E-state index in [4.69, 9.17) is 4.84 Å². The molecule has 2 N–H and O–H groups in total. The van der Waals surface area contributed by atoms with E-state index in [1.807, 2.05) is 28.1 Å². The number of quaternary nitrogens is 1. The Kier molecular flexibility index (Phi) is 9.76. The molecule has 4 aliphatic rings. The van der Waals surface area contributed by atoms with Crippen molar-refractivity contribution in [3.8, 4) is 0 Å². The molecule has 0 aromatic heterocycles. The third-order valence-corrected chi connectivity index (χ3v) is 11.6. The first-order valence-electron chi connectivity index (χ1n) is 15.8. The highest BCUT2D eigenvalue weighted by molar-refractivity contribution is 5.85. The number of hydrogen-bond donors (Lipinski definition) is 2. The molecule has 0 saturated heterocycles. The molecule has 0 spiro atoms. The third kappa shape index (κ3) is 7.40. The lowest BCUT2D eigenvalue weighted by Crippen LogP contribution is -2.54. The minimum absolute atomic E-state index is 0.0552. The van der Waals surface area contributed by atoms with Gasteiger partial charge in [0.1, 0.15) is 6.54 Å². The third-order valence-electron chi connectivity index (χ3n) is 11.6. The summed E-state index contributed by atoms with van der Waals surface area (Å²) in [7, 11) is 6.13. The molecule has 0 aromatic carbocycles. The van der Waals surface area contributed by atoms with Gasteiger partial charge in [0.25, 0.3) is 0 Å². The maximum absolute atomic E-state index is 13.2. The fourth-order valence-corrected chi connectivity index (χ4v) is 9.36. The van der Waals surface area contributed by atoms with Gasteiger partial charge in [0.2, 0.25) is 0 Å². The van der Waals surface area contributed by atoms with Crippen molar-refractivity contribution >= 4 is 11.8 Å². The van der Waals surface area contributed by atoms with Gasteiger partial charge in [0.05, 0.1) is 39.5 Å². The fraction of sp³-hybridized carbons (Fsp3) is 0.935. The predicted molar refractivity (Wildman–Crippen MR) is 154 cm³/mol. The van der Waals surface area contributed by atoms with Crippen molar-refractivity contribution in [1.29, 1.82) is 0 Å². The highest BCUT2D eigenvalue weighted by Crippen LogP contribution is 2.67. The minimum Gasteiger partial charge on any atom is -0.393 e. The van der Waals surface area contributed by atoms with Gasteiger partial charge in [-0.15, -0.1) is 0 Å². The van der Waals surface area contributed by atoms with Gasteiger partial charge in [-0.1, -0.05) is 19.0 Å². The lowest BCUT2D eigenvalue weighted by Gasteiger charge is -2.61. The zero-order valence-electron chi connectivity index (χ0n) is 26.1. The second-order valence-corrected chi connectivity index (χ2v) is 15.2. The van der Waals surface area contributed by atoms with E-state index in [-0.39, 0.29) is 30.5 Å². The summed E-state index contributed by atoms with van der Waals surface area (Å²) in [6, 6.07) is 0. The highest BCUT2D eigenvalue weighted by atomic mass is 19.4. The van der Waals surface area contributed by atoms with Crippen LogP contribution in [0.2, 0.25) is 0 Å². The van der Waals surface area contributed by atoms with Crippen molar-refractivity contribution in [1.82, 2.24) is 10.2 Å². The molecule has 4 fully saturated rings. The monoisotopic (exact) mass is 587 g/mol. The smallest absolute Gasteiger partial charge is 0.393 e. The molecule has 41 heavy (non-hydrogen) atoms. The Morgan fingerprint density at radius 2 is 1.71 bits per heavy atom. The van der Waals surface area contributed by atoms with E-state index >= 15 is 0 Å². The standard InChI is InChI=1S/C31H54F3N4O3/c1-21(36-41-28(40)37(20-31(32,33)34)17-15-35-16-18-38(4,5)6)25-9-10-26-24-8-7-22-19-23(39)11-13-29(22,2)27(24)12-14-30(25,26)3/h22-27,35,39H,7-20H2,1-6H3/q+1/b36-21+/t22-,23+,24+,25-,26+,27+,29+,30-/m1/s1. The molecule has 0 heterocycles.